The molecule has 1 saturated carbocycles. The summed E-state index contributed by atoms with van der Waals surface area (Å²) in [7, 11) is 3.61. The third-order valence-electron chi connectivity index (χ3n) is 8.97. The average Bonchev–Trinajstić information content (AvgIpc) is 3.65. The van der Waals surface area contributed by atoms with Crippen molar-refractivity contribution in [2.75, 3.05) is 20.6 Å². The monoisotopic (exact) mass is 699 g/mol. The van der Waals surface area contributed by atoms with Crippen LogP contribution >= 0.6 is 11.3 Å². The van der Waals surface area contributed by atoms with Gasteiger partial charge in [0.25, 0.3) is 5.91 Å². The summed E-state index contributed by atoms with van der Waals surface area (Å²) < 4.78 is 5.72. The normalized spacial score (nSPS) is 15.8. The molecule has 0 spiro atoms. The van der Waals surface area contributed by atoms with E-state index in [1.165, 1.54) is 18.3 Å². The number of hydrogen-bond donors (Lipinski definition) is 4. The van der Waals surface area contributed by atoms with E-state index in [2.05, 4.69) is 20.9 Å². The van der Waals surface area contributed by atoms with Crippen LogP contribution < -0.4 is 16.0 Å². The molecule has 0 aliphatic heterocycles. The van der Waals surface area contributed by atoms with E-state index in [1.54, 1.807) is 24.3 Å². The topological polar surface area (TPSA) is 167 Å². The van der Waals surface area contributed by atoms with E-state index in [0.29, 0.717) is 30.7 Å². The minimum Gasteiger partial charge on any atom is -0.481 e. The predicted octanol–water partition coefficient (Wildman–Crippen LogP) is 4.50. The summed E-state index contributed by atoms with van der Waals surface area (Å²) in [4.78, 5) is 69.9. The van der Waals surface area contributed by atoms with Gasteiger partial charge in [-0.05, 0) is 63.6 Å². The van der Waals surface area contributed by atoms with Crippen molar-refractivity contribution in [2.24, 2.45) is 11.8 Å². The smallest absolute Gasteiger partial charge is 0.306 e. The van der Waals surface area contributed by atoms with Crippen LogP contribution in [0, 0.1) is 11.8 Å². The summed E-state index contributed by atoms with van der Waals surface area (Å²) in [5.41, 5.74) is 0.182. The molecular formula is C36H53N5O7S. The van der Waals surface area contributed by atoms with Crippen LogP contribution in [0.2, 0.25) is 0 Å². The lowest BCUT2D eigenvalue weighted by molar-refractivity contribution is -0.149. The predicted molar refractivity (Wildman–Crippen MR) is 188 cm³/mol. The minimum atomic E-state index is -0.943. The zero-order valence-corrected chi connectivity index (χ0v) is 30.4. The number of nitrogens with one attached hydrogen (secondary N) is 3. The highest BCUT2D eigenvalue weighted by atomic mass is 32.1. The summed E-state index contributed by atoms with van der Waals surface area (Å²) >= 11 is 1.18. The van der Waals surface area contributed by atoms with Crippen molar-refractivity contribution in [2.45, 2.75) is 109 Å². The SMILES string of the molecule is CNCCCCCC(=O)NC1(C(=O)N(C)C(CC(OC(C)=O)c2nc(C(=O)NC(Cc3ccccc3)CC(C)C(=O)O)cs2)C(C)C)CC1. The summed E-state index contributed by atoms with van der Waals surface area (Å²) in [6.07, 6.45) is 4.30. The Bertz CT molecular complexity index is 1410. The molecule has 3 amide bonds. The highest BCUT2D eigenvalue weighted by Gasteiger charge is 2.53. The van der Waals surface area contributed by atoms with Crippen LogP contribution in [0.1, 0.15) is 106 Å². The summed E-state index contributed by atoms with van der Waals surface area (Å²) in [5.74, 6) is -2.91. The molecule has 3 rings (SSSR count). The Morgan fingerprint density at radius 3 is 2.33 bits per heavy atom. The molecule has 1 aromatic carbocycles. The number of likely N-dealkylation sites (N-methyl/N-ethyl adjacent to an activating group) is 1. The molecule has 4 N–H and O–H groups in total. The second-order valence-electron chi connectivity index (χ2n) is 13.5. The molecule has 2 aromatic rings. The molecule has 0 saturated heterocycles. The molecule has 1 heterocycles. The Labute approximate surface area is 293 Å². The lowest BCUT2D eigenvalue weighted by atomic mass is 9.95. The van der Waals surface area contributed by atoms with Gasteiger partial charge in [0.05, 0.1) is 5.92 Å². The molecular weight excluding hydrogens is 646 g/mol. The summed E-state index contributed by atoms with van der Waals surface area (Å²) in [5, 5.41) is 20.6. The molecule has 13 heteroatoms. The Morgan fingerprint density at radius 1 is 1.04 bits per heavy atom. The Kier molecular flexibility index (Phi) is 15.2. The number of amides is 3. The van der Waals surface area contributed by atoms with Crippen molar-refractivity contribution in [3.8, 4) is 0 Å². The van der Waals surface area contributed by atoms with Gasteiger partial charge in [0, 0.05) is 44.3 Å². The van der Waals surface area contributed by atoms with Gasteiger partial charge in [0.2, 0.25) is 11.8 Å². The fraction of sp³-hybridized carbons (Fsp3) is 0.611. The van der Waals surface area contributed by atoms with Crippen LogP contribution in [0.15, 0.2) is 35.7 Å². The van der Waals surface area contributed by atoms with Gasteiger partial charge in [0.1, 0.15) is 16.2 Å². The zero-order valence-electron chi connectivity index (χ0n) is 29.6. The first-order valence-corrected chi connectivity index (χ1v) is 18.1. The quantitative estimate of drug-likeness (QED) is 0.108. The number of ether oxygens (including phenoxy) is 1. The minimum absolute atomic E-state index is 0.0246. The number of carboxylic acid groups (broad SMARTS) is 1. The maximum Gasteiger partial charge on any atom is 0.306 e. The molecule has 0 bridgehead atoms. The number of hydrogen-bond acceptors (Lipinski definition) is 9. The van der Waals surface area contributed by atoms with E-state index in [9.17, 15) is 29.1 Å². The number of rotatable bonds is 21. The molecule has 0 radical (unpaired) electrons. The second kappa shape index (κ2) is 18.8. The number of benzene rings is 1. The van der Waals surface area contributed by atoms with Crippen LogP contribution in [0.5, 0.6) is 0 Å². The van der Waals surface area contributed by atoms with Crippen molar-refractivity contribution < 1.29 is 33.8 Å². The lowest BCUT2D eigenvalue weighted by Crippen LogP contribution is -2.53. The molecule has 49 heavy (non-hydrogen) atoms. The number of carboxylic acids is 1. The summed E-state index contributed by atoms with van der Waals surface area (Å²) in [6.45, 7) is 7.77. The largest absolute Gasteiger partial charge is 0.481 e. The molecule has 1 fully saturated rings. The third-order valence-corrected chi connectivity index (χ3v) is 9.91. The van der Waals surface area contributed by atoms with Crippen molar-refractivity contribution in [1.29, 1.82) is 0 Å². The molecule has 1 aromatic heterocycles. The highest BCUT2D eigenvalue weighted by molar-refractivity contribution is 7.09. The maximum atomic E-state index is 13.8. The lowest BCUT2D eigenvalue weighted by Gasteiger charge is -2.35. The number of carbonyl (C=O) groups excluding carboxylic acids is 4. The standard InChI is InChI=1S/C36H53N5O7S/c1-23(2)29(41(6)35(47)36(16-17-36)40-31(43)15-11-8-12-18-37-5)21-30(48-25(4)42)33-39-28(22-49-33)32(44)38-27(19-24(3)34(45)46)20-26-13-9-7-10-14-26/h7,9-10,13-14,22-24,27,29-30,37H,8,11-12,15-21H2,1-6H3,(H,38,44)(H,40,43)(H,45,46). The number of esters is 1. The van der Waals surface area contributed by atoms with Gasteiger partial charge < -0.3 is 30.7 Å². The number of nitrogens with zero attached hydrogens (tertiary/aromatic N) is 2. The van der Waals surface area contributed by atoms with Crippen LogP contribution in [0.3, 0.4) is 0 Å². The Hall–Kier alpha value is -3.84. The summed E-state index contributed by atoms with van der Waals surface area (Å²) in [6, 6.07) is 8.71. The van der Waals surface area contributed by atoms with E-state index >= 15 is 0 Å². The number of carbonyl (C=O) groups is 5. The van der Waals surface area contributed by atoms with E-state index in [-0.39, 0.29) is 42.3 Å². The van der Waals surface area contributed by atoms with E-state index in [1.807, 2.05) is 51.2 Å². The Morgan fingerprint density at radius 2 is 1.73 bits per heavy atom. The fourth-order valence-electron chi connectivity index (χ4n) is 6.01. The number of thiazole rings is 1. The first kappa shape index (κ1) is 39.6. The van der Waals surface area contributed by atoms with Gasteiger partial charge in [-0.25, -0.2) is 4.98 Å². The Balaban J connectivity index is 1.72. The van der Waals surface area contributed by atoms with Gasteiger partial charge in [-0.2, -0.15) is 0 Å². The fourth-order valence-corrected chi connectivity index (χ4v) is 6.85. The van der Waals surface area contributed by atoms with Crippen LogP contribution in [0.25, 0.3) is 0 Å². The van der Waals surface area contributed by atoms with Crippen molar-refractivity contribution in [3.05, 3.63) is 52.0 Å². The van der Waals surface area contributed by atoms with Crippen LogP contribution in [0.4, 0.5) is 0 Å². The number of aliphatic carboxylic acids is 1. The van der Waals surface area contributed by atoms with Crippen molar-refractivity contribution >= 4 is 41.0 Å². The second-order valence-corrected chi connectivity index (χ2v) is 14.4. The molecule has 1 aliphatic carbocycles. The molecule has 1 aliphatic rings. The zero-order chi connectivity index (χ0) is 36.1. The van der Waals surface area contributed by atoms with E-state index in [0.717, 1.165) is 31.4 Å². The van der Waals surface area contributed by atoms with Gasteiger partial charge in [0.15, 0.2) is 6.10 Å². The van der Waals surface area contributed by atoms with Crippen LogP contribution in [-0.4, -0.2) is 82.9 Å². The molecule has 12 nitrogen and oxygen atoms in total. The average molecular weight is 700 g/mol. The van der Waals surface area contributed by atoms with Gasteiger partial charge >= 0.3 is 11.9 Å². The van der Waals surface area contributed by atoms with E-state index in [4.69, 9.17) is 4.74 Å². The first-order valence-electron chi connectivity index (χ1n) is 17.2. The highest BCUT2D eigenvalue weighted by Crippen LogP contribution is 2.39. The van der Waals surface area contributed by atoms with E-state index < -0.39 is 41.4 Å². The van der Waals surface area contributed by atoms with Gasteiger partial charge in [-0.15, -0.1) is 11.3 Å². The number of aromatic nitrogens is 1. The van der Waals surface area contributed by atoms with Crippen molar-refractivity contribution in [1.82, 2.24) is 25.8 Å². The first-order chi connectivity index (χ1) is 23.3. The van der Waals surface area contributed by atoms with Crippen LogP contribution in [-0.2, 0) is 30.3 Å². The maximum absolute atomic E-state index is 13.8. The third kappa shape index (κ3) is 12.2. The molecule has 4 unspecified atom stereocenters. The van der Waals surface area contributed by atoms with Crippen molar-refractivity contribution in [3.63, 3.8) is 0 Å². The molecule has 4 atom stereocenters. The number of unbranched alkanes of at least 4 members (excludes halogenated alkanes) is 2. The molecule has 270 valence electrons. The van der Waals surface area contributed by atoms with Gasteiger partial charge in [-0.1, -0.05) is 57.5 Å². The van der Waals surface area contributed by atoms with Gasteiger partial charge in [-0.3, -0.25) is 24.0 Å².